The molecule has 2 aromatic carbocycles. The molecule has 1 N–H and O–H groups in total. The molecule has 0 amide bonds. The number of nitrogens with one attached hydrogen (secondary N) is 1. The van der Waals surface area contributed by atoms with Crippen LogP contribution in [-0.4, -0.2) is 11.6 Å². The van der Waals surface area contributed by atoms with Crippen LogP contribution in [0.2, 0.25) is 0 Å². The third-order valence-corrected chi connectivity index (χ3v) is 4.20. The van der Waals surface area contributed by atoms with E-state index in [0.717, 1.165) is 35.7 Å². The van der Waals surface area contributed by atoms with Gasteiger partial charge in [0, 0.05) is 25.5 Å². The summed E-state index contributed by atoms with van der Waals surface area (Å²) in [7, 11) is 0. The Labute approximate surface area is 173 Å². The molecule has 0 bridgehead atoms. The average Bonchev–Trinajstić information content (AvgIpc) is 2.70. The summed E-state index contributed by atoms with van der Waals surface area (Å²) in [5, 5.41) is 3.43. The standard InChI is InChI=1S/C23H26N2O2.ClH/c1-3-26-23-13-20(14-25-16-21-5-4-12-24-15-21)10-11-22(23)27-17-19-8-6-18(2)7-9-19;/h4-13,15,25H,3,14,16-17H2,1-2H3;1H. The number of nitrogens with zero attached hydrogens (tertiary/aromatic N) is 1. The number of hydrogen-bond acceptors (Lipinski definition) is 4. The summed E-state index contributed by atoms with van der Waals surface area (Å²) in [5.74, 6) is 1.55. The minimum atomic E-state index is 0. The van der Waals surface area contributed by atoms with Crippen LogP contribution in [0.4, 0.5) is 0 Å². The number of hydrogen-bond donors (Lipinski definition) is 1. The van der Waals surface area contributed by atoms with E-state index in [2.05, 4.69) is 53.6 Å². The van der Waals surface area contributed by atoms with Crippen molar-refractivity contribution in [1.82, 2.24) is 10.3 Å². The summed E-state index contributed by atoms with van der Waals surface area (Å²) in [5.41, 5.74) is 4.72. The molecule has 0 aliphatic rings. The summed E-state index contributed by atoms with van der Waals surface area (Å²) >= 11 is 0. The van der Waals surface area contributed by atoms with Crippen LogP contribution in [0.5, 0.6) is 11.5 Å². The van der Waals surface area contributed by atoms with Gasteiger partial charge >= 0.3 is 0 Å². The summed E-state index contributed by atoms with van der Waals surface area (Å²) < 4.78 is 11.8. The Hall–Kier alpha value is -2.56. The monoisotopic (exact) mass is 398 g/mol. The van der Waals surface area contributed by atoms with Gasteiger partial charge in [-0.3, -0.25) is 4.98 Å². The van der Waals surface area contributed by atoms with Crippen LogP contribution in [0.25, 0.3) is 0 Å². The first-order chi connectivity index (χ1) is 13.2. The van der Waals surface area contributed by atoms with Gasteiger partial charge in [-0.2, -0.15) is 0 Å². The van der Waals surface area contributed by atoms with E-state index in [-0.39, 0.29) is 12.4 Å². The topological polar surface area (TPSA) is 43.4 Å². The van der Waals surface area contributed by atoms with Gasteiger partial charge in [0.2, 0.25) is 0 Å². The molecule has 3 rings (SSSR count). The largest absolute Gasteiger partial charge is 0.490 e. The molecular weight excluding hydrogens is 372 g/mol. The van der Waals surface area contributed by atoms with E-state index in [4.69, 9.17) is 9.47 Å². The Morgan fingerprint density at radius 2 is 1.61 bits per heavy atom. The van der Waals surface area contributed by atoms with E-state index in [0.29, 0.717) is 13.2 Å². The van der Waals surface area contributed by atoms with Gasteiger partial charge in [-0.15, -0.1) is 12.4 Å². The highest BCUT2D eigenvalue weighted by molar-refractivity contribution is 5.85. The number of aryl methyl sites for hydroxylation is 1. The van der Waals surface area contributed by atoms with Gasteiger partial charge in [0.1, 0.15) is 6.61 Å². The first-order valence-electron chi connectivity index (χ1n) is 9.28. The number of pyridine rings is 1. The highest BCUT2D eigenvalue weighted by Crippen LogP contribution is 2.29. The molecule has 5 heteroatoms. The number of aromatic nitrogens is 1. The molecule has 0 saturated carbocycles. The predicted octanol–water partition coefficient (Wildman–Crippen LogP) is 5.08. The van der Waals surface area contributed by atoms with Crippen LogP contribution < -0.4 is 14.8 Å². The van der Waals surface area contributed by atoms with E-state index in [9.17, 15) is 0 Å². The molecule has 0 unspecified atom stereocenters. The lowest BCUT2D eigenvalue weighted by Crippen LogP contribution is -2.13. The first kappa shape index (κ1) is 21.7. The Bertz CT molecular complexity index is 839. The minimum absolute atomic E-state index is 0. The average molecular weight is 399 g/mol. The van der Waals surface area contributed by atoms with Crippen molar-refractivity contribution in [3.05, 3.63) is 89.2 Å². The van der Waals surface area contributed by atoms with Gasteiger partial charge in [-0.1, -0.05) is 42.0 Å². The van der Waals surface area contributed by atoms with Crippen molar-refractivity contribution < 1.29 is 9.47 Å². The Balaban J connectivity index is 0.00000280. The fraction of sp³-hybridized carbons (Fsp3) is 0.261. The van der Waals surface area contributed by atoms with Gasteiger partial charge in [0.25, 0.3) is 0 Å². The zero-order valence-electron chi connectivity index (χ0n) is 16.4. The van der Waals surface area contributed by atoms with Crippen molar-refractivity contribution >= 4 is 12.4 Å². The zero-order valence-corrected chi connectivity index (χ0v) is 17.2. The second kappa shape index (κ2) is 11.3. The quantitative estimate of drug-likeness (QED) is 0.545. The van der Waals surface area contributed by atoms with E-state index >= 15 is 0 Å². The summed E-state index contributed by atoms with van der Waals surface area (Å²) in [6.45, 7) is 6.74. The summed E-state index contributed by atoms with van der Waals surface area (Å²) in [6, 6.07) is 18.5. The van der Waals surface area contributed by atoms with E-state index in [1.807, 2.05) is 31.3 Å². The van der Waals surface area contributed by atoms with Crippen molar-refractivity contribution in [3.63, 3.8) is 0 Å². The fourth-order valence-corrected chi connectivity index (χ4v) is 2.75. The zero-order chi connectivity index (χ0) is 18.9. The van der Waals surface area contributed by atoms with E-state index in [1.165, 1.54) is 11.1 Å². The molecule has 1 aromatic heterocycles. The number of ether oxygens (including phenoxy) is 2. The SMILES string of the molecule is CCOc1cc(CNCc2cccnc2)ccc1OCc1ccc(C)cc1.Cl. The molecule has 0 saturated heterocycles. The lowest BCUT2D eigenvalue weighted by atomic mass is 10.1. The molecule has 0 atom stereocenters. The third kappa shape index (κ3) is 6.55. The minimum Gasteiger partial charge on any atom is -0.490 e. The number of halogens is 1. The molecule has 148 valence electrons. The van der Waals surface area contributed by atoms with E-state index < -0.39 is 0 Å². The number of rotatable bonds is 9. The van der Waals surface area contributed by atoms with Gasteiger partial charge < -0.3 is 14.8 Å². The maximum Gasteiger partial charge on any atom is 0.161 e. The second-order valence-corrected chi connectivity index (χ2v) is 6.45. The second-order valence-electron chi connectivity index (χ2n) is 6.45. The van der Waals surface area contributed by atoms with Crippen LogP contribution in [0.15, 0.2) is 67.0 Å². The molecule has 0 spiro atoms. The van der Waals surface area contributed by atoms with Crippen molar-refractivity contribution in [2.75, 3.05) is 6.61 Å². The first-order valence-corrected chi connectivity index (χ1v) is 9.28. The van der Waals surface area contributed by atoms with Crippen LogP contribution >= 0.6 is 12.4 Å². The molecular formula is C23H27ClN2O2. The molecule has 0 radical (unpaired) electrons. The molecule has 3 aromatic rings. The maximum atomic E-state index is 5.99. The van der Waals surface area contributed by atoms with Gasteiger partial charge in [-0.25, -0.2) is 0 Å². The van der Waals surface area contributed by atoms with Crippen LogP contribution in [0, 0.1) is 6.92 Å². The highest BCUT2D eigenvalue weighted by Gasteiger charge is 2.07. The smallest absolute Gasteiger partial charge is 0.161 e. The Morgan fingerprint density at radius 1 is 0.857 bits per heavy atom. The molecule has 1 heterocycles. The Kier molecular flexibility index (Phi) is 8.79. The molecule has 0 fully saturated rings. The number of benzene rings is 2. The maximum absolute atomic E-state index is 5.99. The van der Waals surface area contributed by atoms with Gasteiger partial charge in [0.05, 0.1) is 6.61 Å². The van der Waals surface area contributed by atoms with Crippen LogP contribution in [0.3, 0.4) is 0 Å². The summed E-state index contributed by atoms with van der Waals surface area (Å²) in [6.07, 6.45) is 3.66. The van der Waals surface area contributed by atoms with Gasteiger partial charge in [0.15, 0.2) is 11.5 Å². The third-order valence-electron chi connectivity index (χ3n) is 4.20. The normalized spacial score (nSPS) is 10.2. The molecule has 0 aliphatic carbocycles. The summed E-state index contributed by atoms with van der Waals surface area (Å²) in [4.78, 5) is 4.13. The molecule has 4 nitrogen and oxygen atoms in total. The lowest BCUT2D eigenvalue weighted by Gasteiger charge is -2.14. The Morgan fingerprint density at radius 3 is 2.32 bits per heavy atom. The highest BCUT2D eigenvalue weighted by atomic mass is 35.5. The van der Waals surface area contributed by atoms with E-state index in [1.54, 1.807) is 6.20 Å². The predicted molar refractivity (Wildman–Crippen MR) is 115 cm³/mol. The van der Waals surface area contributed by atoms with Gasteiger partial charge in [-0.05, 0) is 48.7 Å². The van der Waals surface area contributed by atoms with Crippen molar-refractivity contribution in [2.24, 2.45) is 0 Å². The molecule has 28 heavy (non-hydrogen) atoms. The fourth-order valence-electron chi connectivity index (χ4n) is 2.75. The van der Waals surface area contributed by atoms with Crippen LogP contribution in [0.1, 0.15) is 29.2 Å². The van der Waals surface area contributed by atoms with Crippen molar-refractivity contribution in [2.45, 2.75) is 33.5 Å². The lowest BCUT2D eigenvalue weighted by molar-refractivity contribution is 0.269. The van der Waals surface area contributed by atoms with Crippen LogP contribution in [-0.2, 0) is 19.7 Å². The van der Waals surface area contributed by atoms with Crippen molar-refractivity contribution in [1.29, 1.82) is 0 Å². The molecule has 0 aliphatic heterocycles. The van der Waals surface area contributed by atoms with Crippen molar-refractivity contribution in [3.8, 4) is 11.5 Å².